The average Bonchev–Trinajstić information content (AvgIpc) is 2.77. The second-order valence-electron chi connectivity index (χ2n) is 9.11. The van der Waals surface area contributed by atoms with Crippen molar-refractivity contribution >= 4 is 17.5 Å². The van der Waals surface area contributed by atoms with E-state index in [4.69, 9.17) is 9.47 Å². The Morgan fingerprint density at radius 3 is 2.29 bits per heavy atom. The van der Waals surface area contributed by atoms with Gasteiger partial charge in [-0.05, 0) is 13.8 Å². The third kappa shape index (κ3) is 2.67. The predicted molar refractivity (Wildman–Crippen MR) is 110 cm³/mol. The fourth-order valence-electron chi connectivity index (χ4n) is 5.73. The smallest absolute Gasteiger partial charge is 0.308 e. The molecular weight excluding hydrogens is 452 g/mol. The van der Waals surface area contributed by atoms with Crippen LogP contribution in [0.25, 0.3) is 0 Å². The van der Waals surface area contributed by atoms with E-state index in [1.165, 1.54) is 13.8 Å². The van der Waals surface area contributed by atoms with Crippen molar-refractivity contribution in [2.75, 3.05) is 7.11 Å². The molecule has 11 nitrogen and oxygen atoms in total. The molecular formula is C23H24O11. The number of benzene rings is 1. The zero-order valence-electron chi connectivity index (χ0n) is 18.6. The van der Waals surface area contributed by atoms with Gasteiger partial charge in [-0.2, -0.15) is 0 Å². The van der Waals surface area contributed by atoms with Gasteiger partial charge in [-0.1, -0.05) is 0 Å². The van der Waals surface area contributed by atoms with E-state index in [-0.39, 0.29) is 35.1 Å². The van der Waals surface area contributed by atoms with E-state index in [1.807, 2.05) is 0 Å². The number of esters is 1. The van der Waals surface area contributed by atoms with Crippen LogP contribution in [0.1, 0.15) is 64.6 Å². The van der Waals surface area contributed by atoms with E-state index < -0.39 is 82.4 Å². The van der Waals surface area contributed by atoms with Crippen LogP contribution in [0.2, 0.25) is 0 Å². The van der Waals surface area contributed by atoms with Gasteiger partial charge in [-0.3, -0.25) is 14.4 Å². The van der Waals surface area contributed by atoms with Crippen LogP contribution < -0.4 is 0 Å². The molecule has 1 aromatic carbocycles. The Bertz CT molecular complexity index is 1170. The van der Waals surface area contributed by atoms with Gasteiger partial charge in [0.25, 0.3) is 0 Å². The normalized spacial score (nSPS) is 36.2. The molecule has 182 valence electrons. The summed E-state index contributed by atoms with van der Waals surface area (Å²) in [5.74, 6) is -3.91. The molecule has 7 atom stereocenters. The molecule has 1 saturated heterocycles. The number of fused-ring (bicyclic) bond motifs is 3. The minimum absolute atomic E-state index is 0.0898. The number of carbonyl (C=O) groups is 3. The fourth-order valence-corrected chi connectivity index (χ4v) is 5.73. The molecule has 0 aromatic heterocycles. The third-order valence-corrected chi connectivity index (χ3v) is 7.40. The molecule has 2 bridgehead atoms. The second kappa shape index (κ2) is 7.33. The highest BCUT2D eigenvalue weighted by molar-refractivity contribution is 6.30. The molecule has 2 aliphatic carbocycles. The number of methoxy groups -OCH3 is 1. The van der Waals surface area contributed by atoms with Crippen LogP contribution in [0.15, 0.2) is 11.1 Å². The lowest BCUT2D eigenvalue weighted by atomic mass is 9.66. The van der Waals surface area contributed by atoms with Crippen molar-refractivity contribution in [1.29, 1.82) is 0 Å². The summed E-state index contributed by atoms with van der Waals surface area (Å²) in [6.07, 6.45) is -7.65. The van der Waals surface area contributed by atoms with Gasteiger partial charge in [0.1, 0.15) is 23.2 Å². The topological polar surface area (TPSA) is 180 Å². The zero-order chi connectivity index (χ0) is 24.9. The first-order valence-corrected chi connectivity index (χ1v) is 10.9. The van der Waals surface area contributed by atoms with Gasteiger partial charge in [-0.25, -0.2) is 0 Å². The van der Waals surface area contributed by atoms with Crippen LogP contribution >= 0.6 is 0 Å². The summed E-state index contributed by atoms with van der Waals surface area (Å²) < 4.78 is 15.9. The number of ketones is 2. The van der Waals surface area contributed by atoms with Crippen molar-refractivity contribution in [2.45, 2.75) is 68.9 Å². The van der Waals surface area contributed by atoms with Crippen molar-refractivity contribution in [1.82, 2.24) is 0 Å². The number of carbonyl (C=O) groups excluding carboxylic acids is 3. The number of aromatic hydroxyl groups is 2. The number of Topliss-reactive ketones (excluding diaryl/α,β-unsaturated/α-hetero) is 2. The van der Waals surface area contributed by atoms with Crippen molar-refractivity contribution in [2.24, 2.45) is 0 Å². The van der Waals surface area contributed by atoms with Gasteiger partial charge in [0.15, 0.2) is 11.6 Å². The summed E-state index contributed by atoms with van der Waals surface area (Å²) in [6, 6.07) is 0. The minimum atomic E-state index is -2.13. The predicted octanol–water partition coefficient (Wildman–Crippen LogP) is -0.103. The molecule has 1 fully saturated rings. The summed E-state index contributed by atoms with van der Waals surface area (Å²) in [5.41, 5.74) is -4.12. The molecule has 0 unspecified atom stereocenters. The molecule has 0 radical (unpaired) electrons. The molecule has 3 aliphatic heterocycles. The number of phenols is 2. The average molecular weight is 476 g/mol. The Kier molecular flexibility index (Phi) is 4.95. The largest absolute Gasteiger partial charge is 0.507 e. The maximum atomic E-state index is 13.6. The summed E-state index contributed by atoms with van der Waals surface area (Å²) in [5, 5.41) is 54.9. The van der Waals surface area contributed by atoms with Crippen molar-refractivity contribution in [3.8, 4) is 11.5 Å². The summed E-state index contributed by atoms with van der Waals surface area (Å²) >= 11 is 0. The number of hydrogen-bond donors (Lipinski definition) is 5. The first-order valence-electron chi connectivity index (χ1n) is 10.9. The molecule has 0 saturated carbocycles. The number of hydrogen-bond acceptors (Lipinski definition) is 11. The highest BCUT2D eigenvalue weighted by Gasteiger charge is 2.60. The van der Waals surface area contributed by atoms with Gasteiger partial charge in [0.05, 0.1) is 55.2 Å². The molecule has 34 heavy (non-hydrogen) atoms. The monoisotopic (exact) mass is 476 g/mol. The second-order valence-corrected chi connectivity index (χ2v) is 9.11. The molecule has 1 aromatic rings. The number of rotatable bonds is 2. The number of aliphatic hydroxyl groups excluding tert-OH is 2. The maximum absolute atomic E-state index is 13.6. The highest BCUT2D eigenvalue weighted by Crippen LogP contribution is 2.59. The molecule has 5 aliphatic rings. The maximum Gasteiger partial charge on any atom is 0.308 e. The van der Waals surface area contributed by atoms with E-state index in [1.54, 1.807) is 0 Å². The van der Waals surface area contributed by atoms with Crippen LogP contribution in [0.5, 0.6) is 11.5 Å². The summed E-state index contributed by atoms with van der Waals surface area (Å²) in [4.78, 5) is 38.8. The Balaban J connectivity index is 1.72. The van der Waals surface area contributed by atoms with Crippen LogP contribution in [-0.2, 0) is 24.6 Å². The molecule has 11 heteroatoms. The van der Waals surface area contributed by atoms with Gasteiger partial charge < -0.3 is 39.7 Å². The number of aliphatic hydroxyl groups is 3. The first kappa shape index (κ1) is 22.9. The van der Waals surface area contributed by atoms with Crippen molar-refractivity contribution in [3.05, 3.63) is 33.4 Å². The van der Waals surface area contributed by atoms with E-state index in [0.29, 0.717) is 0 Å². The van der Waals surface area contributed by atoms with Crippen LogP contribution in [-0.4, -0.2) is 80.7 Å². The standard InChI is InChI=1S/C23H24O11/c1-6-12-14(18(26)9(33-6)5-11(25)32-3)21(29)15-16(19(12)27)22(30)17-13(20(15)28)8-4-10(24)23(17,31)7(2)34-8/h6-10,18,24,26,28,30-31H,4-5H2,1-3H3/t6-,7+,8+,9-,10-,18+,23-/m0/s1. The van der Waals surface area contributed by atoms with Crippen molar-refractivity contribution in [3.63, 3.8) is 0 Å². The van der Waals surface area contributed by atoms with E-state index >= 15 is 0 Å². The molecule has 3 heterocycles. The molecule has 0 spiro atoms. The number of phenolic OH excluding ortho intramolecular Hbond substituents is 2. The first-order chi connectivity index (χ1) is 15.9. The SMILES string of the molecule is COC(=O)C[C@@H]1O[C@@H](C)C2=C(C(=O)c3c(O)c4c(c(O)c3C2=O)[C@@]2(O)[C@@H](O)C[C@H]4O[C@@H]2C)[C@@H]1O. The Morgan fingerprint density at radius 2 is 1.68 bits per heavy atom. The zero-order valence-corrected chi connectivity index (χ0v) is 18.6. The van der Waals surface area contributed by atoms with Gasteiger partial charge in [-0.15, -0.1) is 0 Å². The van der Waals surface area contributed by atoms with Gasteiger partial charge in [0, 0.05) is 28.7 Å². The number of ether oxygens (including phenoxy) is 3. The highest BCUT2D eigenvalue weighted by atomic mass is 16.5. The van der Waals surface area contributed by atoms with Crippen LogP contribution in [0.4, 0.5) is 0 Å². The quantitative estimate of drug-likeness (QED) is 0.284. The lowest BCUT2D eigenvalue weighted by Crippen LogP contribution is -2.58. The lowest BCUT2D eigenvalue weighted by Gasteiger charge is -2.52. The summed E-state index contributed by atoms with van der Waals surface area (Å²) in [7, 11) is 1.16. The summed E-state index contributed by atoms with van der Waals surface area (Å²) in [6.45, 7) is 2.93. The third-order valence-electron chi connectivity index (χ3n) is 7.40. The molecule has 0 amide bonds. The van der Waals surface area contributed by atoms with E-state index in [2.05, 4.69) is 4.74 Å². The Hall–Kier alpha value is -2.83. The van der Waals surface area contributed by atoms with Gasteiger partial charge in [0.2, 0.25) is 0 Å². The Morgan fingerprint density at radius 1 is 1.06 bits per heavy atom. The fraction of sp³-hybridized carbons (Fsp3) is 0.522. The van der Waals surface area contributed by atoms with Crippen LogP contribution in [0, 0.1) is 0 Å². The molecule has 6 rings (SSSR count). The molecule has 5 N–H and O–H groups in total. The Labute approximate surface area is 193 Å². The van der Waals surface area contributed by atoms with Crippen molar-refractivity contribution < 1.29 is 54.1 Å². The minimum Gasteiger partial charge on any atom is -0.507 e. The van der Waals surface area contributed by atoms with E-state index in [9.17, 15) is 39.9 Å². The lowest BCUT2D eigenvalue weighted by molar-refractivity contribution is -0.246. The van der Waals surface area contributed by atoms with E-state index in [0.717, 1.165) is 7.11 Å². The van der Waals surface area contributed by atoms with Gasteiger partial charge >= 0.3 is 5.97 Å². The van der Waals surface area contributed by atoms with Crippen LogP contribution in [0.3, 0.4) is 0 Å².